The number of para-hydroxylation sites is 2. The lowest BCUT2D eigenvalue weighted by Crippen LogP contribution is -2.40. The average molecular weight is 319 g/mol. The summed E-state index contributed by atoms with van der Waals surface area (Å²) in [5, 5.41) is 12.2. The van der Waals surface area contributed by atoms with Crippen LogP contribution in [-0.4, -0.2) is 28.8 Å². The summed E-state index contributed by atoms with van der Waals surface area (Å²) in [6, 6.07) is 7.29. The summed E-state index contributed by atoms with van der Waals surface area (Å²) in [7, 11) is 0. The standard InChI is InChI=1S/C15H17N3O3S/c1-9(2)7-13-17-18-15(22-13)16-14(19)12-8-20-10-5-3-4-6-11(10)21-12/h3-6,9,12H,7-8H2,1-2H3,(H,16,18,19)/t12-/m1/s1. The van der Waals surface area contributed by atoms with Gasteiger partial charge in [-0.05, 0) is 18.1 Å². The number of benzene rings is 1. The van der Waals surface area contributed by atoms with Gasteiger partial charge in [-0.1, -0.05) is 37.3 Å². The van der Waals surface area contributed by atoms with Gasteiger partial charge in [0.2, 0.25) is 11.2 Å². The molecule has 2 aromatic rings. The first-order chi connectivity index (χ1) is 10.6. The molecule has 0 saturated carbocycles. The highest BCUT2D eigenvalue weighted by atomic mass is 32.1. The van der Waals surface area contributed by atoms with Crippen molar-refractivity contribution in [2.75, 3.05) is 11.9 Å². The van der Waals surface area contributed by atoms with Crippen molar-refractivity contribution in [3.63, 3.8) is 0 Å². The van der Waals surface area contributed by atoms with Crippen LogP contribution >= 0.6 is 11.3 Å². The first kappa shape index (κ1) is 14.8. The highest BCUT2D eigenvalue weighted by molar-refractivity contribution is 7.15. The molecule has 0 aliphatic carbocycles. The Hall–Kier alpha value is -2.15. The van der Waals surface area contributed by atoms with Crippen LogP contribution in [0.4, 0.5) is 5.13 Å². The molecule has 2 heterocycles. The third-order valence-corrected chi connectivity index (χ3v) is 3.94. The molecule has 116 valence electrons. The van der Waals surface area contributed by atoms with E-state index in [1.165, 1.54) is 11.3 Å². The Kier molecular flexibility index (Phi) is 4.24. The fourth-order valence-corrected chi connectivity index (χ4v) is 3.03. The Morgan fingerprint density at radius 2 is 2.14 bits per heavy atom. The van der Waals surface area contributed by atoms with Crippen LogP contribution in [0.5, 0.6) is 11.5 Å². The number of carbonyl (C=O) groups excluding carboxylic acids is 1. The molecule has 1 atom stereocenters. The molecule has 0 fully saturated rings. The van der Waals surface area contributed by atoms with Crippen molar-refractivity contribution in [3.8, 4) is 11.5 Å². The zero-order valence-corrected chi connectivity index (χ0v) is 13.2. The van der Waals surface area contributed by atoms with Gasteiger partial charge in [-0.3, -0.25) is 10.1 Å². The topological polar surface area (TPSA) is 73.3 Å². The molecular weight excluding hydrogens is 302 g/mol. The number of fused-ring (bicyclic) bond motifs is 1. The summed E-state index contributed by atoms with van der Waals surface area (Å²) in [6.07, 6.45) is 0.164. The lowest BCUT2D eigenvalue weighted by molar-refractivity contribution is -0.125. The first-order valence-corrected chi connectivity index (χ1v) is 7.95. The minimum absolute atomic E-state index is 0.181. The first-order valence-electron chi connectivity index (χ1n) is 7.13. The fourth-order valence-electron chi connectivity index (χ4n) is 2.07. The van der Waals surface area contributed by atoms with E-state index in [0.717, 1.165) is 11.4 Å². The molecule has 7 heteroatoms. The highest BCUT2D eigenvalue weighted by Gasteiger charge is 2.28. The van der Waals surface area contributed by atoms with Crippen LogP contribution < -0.4 is 14.8 Å². The van der Waals surface area contributed by atoms with Crippen LogP contribution in [0.2, 0.25) is 0 Å². The van der Waals surface area contributed by atoms with Crippen LogP contribution in [0.3, 0.4) is 0 Å². The Morgan fingerprint density at radius 1 is 1.36 bits per heavy atom. The Balaban J connectivity index is 1.62. The number of hydrogen-bond acceptors (Lipinski definition) is 6. The number of aromatic nitrogens is 2. The molecular formula is C15H17N3O3S. The lowest BCUT2D eigenvalue weighted by Gasteiger charge is -2.25. The fraction of sp³-hybridized carbons (Fsp3) is 0.400. The van der Waals surface area contributed by atoms with E-state index in [1.807, 2.05) is 18.2 Å². The van der Waals surface area contributed by atoms with Gasteiger partial charge in [0.15, 0.2) is 11.5 Å². The van der Waals surface area contributed by atoms with Crippen LogP contribution in [0, 0.1) is 5.92 Å². The van der Waals surface area contributed by atoms with Crippen molar-refractivity contribution in [1.82, 2.24) is 10.2 Å². The number of nitrogens with zero attached hydrogens (tertiary/aromatic N) is 2. The summed E-state index contributed by atoms with van der Waals surface area (Å²) >= 11 is 1.39. The molecule has 0 radical (unpaired) electrons. The van der Waals surface area contributed by atoms with Gasteiger partial charge < -0.3 is 9.47 Å². The minimum atomic E-state index is -0.688. The summed E-state index contributed by atoms with van der Waals surface area (Å²) in [4.78, 5) is 12.2. The molecule has 0 unspecified atom stereocenters. The Labute approximate surface area is 132 Å². The lowest BCUT2D eigenvalue weighted by atomic mass is 10.1. The quantitative estimate of drug-likeness (QED) is 0.937. The van der Waals surface area contributed by atoms with Crippen molar-refractivity contribution >= 4 is 22.4 Å². The largest absolute Gasteiger partial charge is 0.485 e. The molecule has 1 aliphatic rings. The number of amides is 1. The second kappa shape index (κ2) is 6.31. The van der Waals surface area contributed by atoms with E-state index in [1.54, 1.807) is 6.07 Å². The van der Waals surface area contributed by atoms with Gasteiger partial charge in [0.05, 0.1) is 0 Å². The molecule has 0 saturated heterocycles. The van der Waals surface area contributed by atoms with E-state index < -0.39 is 6.10 Å². The van der Waals surface area contributed by atoms with Crippen molar-refractivity contribution in [2.45, 2.75) is 26.4 Å². The molecule has 1 aromatic carbocycles. The minimum Gasteiger partial charge on any atom is -0.485 e. The third-order valence-electron chi connectivity index (χ3n) is 3.08. The van der Waals surface area contributed by atoms with Crippen molar-refractivity contribution in [2.24, 2.45) is 5.92 Å². The van der Waals surface area contributed by atoms with Gasteiger partial charge in [0, 0.05) is 6.42 Å². The normalized spacial score (nSPS) is 16.6. The number of rotatable bonds is 4. The second-order valence-corrected chi connectivity index (χ2v) is 6.51. The molecule has 1 N–H and O–H groups in total. The van der Waals surface area contributed by atoms with Crippen molar-refractivity contribution in [3.05, 3.63) is 29.3 Å². The number of carbonyl (C=O) groups is 1. The van der Waals surface area contributed by atoms with Crippen LogP contribution in [0.1, 0.15) is 18.9 Å². The molecule has 0 spiro atoms. The van der Waals surface area contributed by atoms with Crippen LogP contribution in [-0.2, 0) is 11.2 Å². The van der Waals surface area contributed by atoms with E-state index in [0.29, 0.717) is 22.5 Å². The summed E-state index contributed by atoms with van der Waals surface area (Å²) in [5.74, 6) is 1.46. The maximum atomic E-state index is 12.2. The maximum Gasteiger partial charge on any atom is 0.270 e. The predicted octanol–water partition coefficient (Wildman–Crippen LogP) is 2.52. The summed E-state index contributed by atoms with van der Waals surface area (Å²) < 4.78 is 11.2. The average Bonchev–Trinajstić information content (AvgIpc) is 2.93. The van der Waals surface area contributed by atoms with Crippen LogP contribution in [0.15, 0.2) is 24.3 Å². The number of ether oxygens (including phenoxy) is 2. The molecule has 22 heavy (non-hydrogen) atoms. The van der Waals surface area contributed by atoms with Crippen molar-refractivity contribution in [1.29, 1.82) is 0 Å². The molecule has 0 bridgehead atoms. The van der Waals surface area contributed by atoms with E-state index in [2.05, 4.69) is 29.4 Å². The Bertz CT molecular complexity index is 672. The third kappa shape index (κ3) is 3.36. The second-order valence-electron chi connectivity index (χ2n) is 5.45. The zero-order valence-electron chi connectivity index (χ0n) is 12.4. The zero-order chi connectivity index (χ0) is 15.5. The maximum absolute atomic E-state index is 12.2. The molecule has 3 rings (SSSR count). The van der Waals surface area contributed by atoms with E-state index in [9.17, 15) is 4.79 Å². The smallest absolute Gasteiger partial charge is 0.270 e. The van der Waals surface area contributed by atoms with E-state index >= 15 is 0 Å². The van der Waals surface area contributed by atoms with Gasteiger partial charge in [0.1, 0.15) is 11.6 Å². The van der Waals surface area contributed by atoms with E-state index in [4.69, 9.17) is 9.47 Å². The summed E-state index contributed by atoms with van der Waals surface area (Å²) in [5.41, 5.74) is 0. The monoisotopic (exact) mass is 319 g/mol. The molecule has 1 aliphatic heterocycles. The van der Waals surface area contributed by atoms with Gasteiger partial charge >= 0.3 is 0 Å². The summed E-state index contributed by atoms with van der Waals surface area (Å²) in [6.45, 7) is 4.41. The van der Waals surface area contributed by atoms with Crippen molar-refractivity contribution < 1.29 is 14.3 Å². The number of anilines is 1. The van der Waals surface area contributed by atoms with Gasteiger partial charge in [-0.15, -0.1) is 10.2 Å². The predicted molar refractivity (Wildman–Crippen MR) is 83.4 cm³/mol. The molecule has 1 aromatic heterocycles. The van der Waals surface area contributed by atoms with Gasteiger partial charge in [0.25, 0.3) is 5.91 Å². The number of nitrogens with one attached hydrogen (secondary N) is 1. The van der Waals surface area contributed by atoms with Crippen LogP contribution in [0.25, 0.3) is 0 Å². The molecule has 6 nitrogen and oxygen atoms in total. The van der Waals surface area contributed by atoms with Gasteiger partial charge in [-0.25, -0.2) is 0 Å². The Morgan fingerprint density at radius 3 is 2.91 bits per heavy atom. The number of hydrogen-bond donors (Lipinski definition) is 1. The highest BCUT2D eigenvalue weighted by Crippen LogP contribution is 2.31. The molecule has 1 amide bonds. The van der Waals surface area contributed by atoms with E-state index in [-0.39, 0.29) is 12.5 Å². The SMILES string of the molecule is CC(C)Cc1nnc(NC(=O)[C@H]2COc3ccccc3O2)s1. The van der Waals surface area contributed by atoms with Gasteiger partial charge in [-0.2, -0.15) is 0 Å².